The first-order chi connectivity index (χ1) is 12.7. The number of amides is 1. The summed E-state index contributed by atoms with van der Waals surface area (Å²) in [6, 6.07) is 14.6. The molecule has 3 rings (SSSR count). The molecule has 136 valence electrons. The van der Waals surface area contributed by atoms with Crippen molar-refractivity contribution in [1.82, 2.24) is 0 Å². The van der Waals surface area contributed by atoms with Crippen LogP contribution >= 0.6 is 0 Å². The standard InChI is InChI=1S/C21H23NO4/c1-2-7-18(24)16-10-11-19-17(14-16)22(12-6-13-23)21(25)20(26-19)15-8-4-3-5-9-15/h3-5,8-11,14,20,23H,2,6-7,12-13H2,1H3. The smallest absolute Gasteiger partial charge is 0.272 e. The summed E-state index contributed by atoms with van der Waals surface area (Å²) in [5, 5.41) is 9.20. The molecule has 0 spiro atoms. The van der Waals surface area contributed by atoms with Gasteiger partial charge >= 0.3 is 0 Å². The average Bonchev–Trinajstić information content (AvgIpc) is 2.67. The third-order valence-electron chi connectivity index (χ3n) is 4.43. The van der Waals surface area contributed by atoms with Crippen LogP contribution in [0.15, 0.2) is 48.5 Å². The van der Waals surface area contributed by atoms with Crippen LogP contribution < -0.4 is 9.64 Å². The molecule has 1 atom stereocenters. The van der Waals surface area contributed by atoms with Crippen LogP contribution in [0.3, 0.4) is 0 Å². The van der Waals surface area contributed by atoms with Crippen LogP contribution in [0.25, 0.3) is 0 Å². The largest absolute Gasteiger partial charge is 0.474 e. The van der Waals surface area contributed by atoms with Gasteiger partial charge in [-0.25, -0.2) is 0 Å². The maximum Gasteiger partial charge on any atom is 0.272 e. The van der Waals surface area contributed by atoms with E-state index >= 15 is 0 Å². The van der Waals surface area contributed by atoms with Gasteiger partial charge in [-0.3, -0.25) is 9.59 Å². The van der Waals surface area contributed by atoms with Crippen LogP contribution in [0.4, 0.5) is 5.69 Å². The Morgan fingerprint density at radius 3 is 2.65 bits per heavy atom. The number of aliphatic hydroxyl groups is 1. The van der Waals surface area contributed by atoms with E-state index in [2.05, 4.69) is 0 Å². The van der Waals surface area contributed by atoms with E-state index in [4.69, 9.17) is 4.74 Å². The second-order valence-corrected chi connectivity index (χ2v) is 6.33. The Kier molecular flexibility index (Phi) is 5.68. The summed E-state index contributed by atoms with van der Waals surface area (Å²) < 4.78 is 5.97. The van der Waals surface area contributed by atoms with Gasteiger partial charge in [0.1, 0.15) is 5.75 Å². The van der Waals surface area contributed by atoms with Gasteiger partial charge in [0.15, 0.2) is 5.78 Å². The molecule has 0 radical (unpaired) electrons. The highest BCUT2D eigenvalue weighted by Gasteiger charge is 2.35. The number of hydrogen-bond acceptors (Lipinski definition) is 4. The van der Waals surface area contributed by atoms with Gasteiger partial charge in [-0.2, -0.15) is 0 Å². The molecule has 0 bridgehead atoms. The number of ether oxygens (including phenoxy) is 1. The molecule has 1 aliphatic heterocycles. The van der Waals surface area contributed by atoms with Crippen molar-refractivity contribution >= 4 is 17.4 Å². The topological polar surface area (TPSA) is 66.8 Å². The summed E-state index contributed by atoms with van der Waals surface area (Å²) >= 11 is 0. The lowest BCUT2D eigenvalue weighted by atomic mass is 10.0. The lowest BCUT2D eigenvalue weighted by Gasteiger charge is -2.34. The molecule has 1 unspecified atom stereocenters. The van der Waals surface area contributed by atoms with Crippen molar-refractivity contribution in [2.75, 3.05) is 18.1 Å². The predicted molar refractivity (Wildman–Crippen MR) is 99.5 cm³/mol. The van der Waals surface area contributed by atoms with Gasteiger partial charge < -0.3 is 14.7 Å². The van der Waals surface area contributed by atoms with Crippen molar-refractivity contribution in [3.05, 3.63) is 59.7 Å². The summed E-state index contributed by atoms with van der Waals surface area (Å²) in [4.78, 5) is 26.9. The first-order valence-corrected chi connectivity index (χ1v) is 8.96. The van der Waals surface area contributed by atoms with E-state index in [-0.39, 0.29) is 18.3 Å². The maximum absolute atomic E-state index is 13.0. The van der Waals surface area contributed by atoms with Crippen LogP contribution in [0.5, 0.6) is 5.75 Å². The fourth-order valence-corrected chi connectivity index (χ4v) is 3.11. The first-order valence-electron chi connectivity index (χ1n) is 8.96. The van der Waals surface area contributed by atoms with E-state index in [1.165, 1.54) is 0 Å². The molecule has 2 aromatic rings. The highest BCUT2D eigenvalue weighted by molar-refractivity contribution is 6.03. The number of nitrogens with zero attached hydrogens (tertiary/aromatic N) is 1. The number of Topliss-reactive ketones (excluding diaryl/α,β-unsaturated/α-hetero) is 1. The van der Waals surface area contributed by atoms with E-state index in [1.54, 1.807) is 23.1 Å². The molecule has 1 heterocycles. The molecule has 2 aromatic carbocycles. The molecule has 0 saturated heterocycles. The Morgan fingerprint density at radius 2 is 1.96 bits per heavy atom. The lowest BCUT2D eigenvalue weighted by Crippen LogP contribution is -2.42. The Labute approximate surface area is 153 Å². The monoisotopic (exact) mass is 353 g/mol. The third kappa shape index (κ3) is 3.63. The molecule has 26 heavy (non-hydrogen) atoms. The number of ketones is 1. The summed E-state index contributed by atoms with van der Waals surface area (Å²) in [6.07, 6.45) is 0.978. The molecule has 1 amide bonds. The number of hydrogen-bond donors (Lipinski definition) is 1. The third-order valence-corrected chi connectivity index (χ3v) is 4.43. The number of carbonyl (C=O) groups excluding carboxylic acids is 2. The van der Waals surface area contributed by atoms with E-state index in [0.29, 0.717) is 36.4 Å². The van der Waals surface area contributed by atoms with Gasteiger partial charge in [-0.1, -0.05) is 37.3 Å². The molecular weight excluding hydrogens is 330 g/mol. The molecular formula is C21H23NO4. The number of rotatable bonds is 7. The molecule has 0 aliphatic carbocycles. The molecule has 0 aromatic heterocycles. The first kappa shape index (κ1) is 18.1. The van der Waals surface area contributed by atoms with Gasteiger partial charge in [-0.15, -0.1) is 0 Å². The second-order valence-electron chi connectivity index (χ2n) is 6.33. The van der Waals surface area contributed by atoms with Crippen LogP contribution in [0.1, 0.15) is 48.2 Å². The zero-order valence-corrected chi connectivity index (χ0v) is 14.9. The van der Waals surface area contributed by atoms with Gasteiger partial charge in [0.25, 0.3) is 5.91 Å². The zero-order valence-electron chi connectivity index (χ0n) is 14.9. The van der Waals surface area contributed by atoms with Crippen LogP contribution in [-0.2, 0) is 4.79 Å². The molecule has 1 aliphatic rings. The highest BCUT2D eigenvalue weighted by Crippen LogP contribution is 2.39. The van der Waals surface area contributed by atoms with Crippen molar-refractivity contribution < 1.29 is 19.4 Å². The molecule has 0 fully saturated rings. The van der Waals surface area contributed by atoms with Crippen LogP contribution in [-0.4, -0.2) is 29.9 Å². The summed E-state index contributed by atoms with van der Waals surface area (Å²) in [5.74, 6) is 0.441. The van der Waals surface area contributed by atoms with Crippen molar-refractivity contribution in [1.29, 1.82) is 0 Å². The number of anilines is 1. The van der Waals surface area contributed by atoms with Crippen molar-refractivity contribution in [3.63, 3.8) is 0 Å². The number of aliphatic hydroxyl groups excluding tert-OH is 1. The predicted octanol–water partition coefficient (Wildman–Crippen LogP) is 3.52. The van der Waals surface area contributed by atoms with Crippen molar-refractivity contribution in [2.24, 2.45) is 0 Å². The van der Waals surface area contributed by atoms with Crippen LogP contribution in [0, 0.1) is 0 Å². The fraction of sp³-hybridized carbons (Fsp3) is 0.333. The number of carbonyl (C=O) groups is 2. The van der Waals surface area contributed by atoms with E-state index in [0.717, 1.165) is 12.0 Å². The Bertz CT molecular complexity index is 788. The molecule has 5 nitrogen and oxygen atoms in total. The van der Waals surface area contributed by atoms with Crippen molar-refractivity contribution in [2.45, 2.75) is 32.3 Å². The average molecular weight is 353 g/mol. The number of benzene rings is 2. The summed E-state index contributed by atoms with van der Waals surface area (Å²) in [5.41, 5.74) is 1.95. The zero-order chi connectivity index (χ0) is 18.5. The van der Waals surface area contributed by atoms with E-state index in [1.807, 2.05) is 37.3 Å². The van der Waals surface area contributed by atoms with Gasteiger partial charge in [-0.05, 0) is 31.0 Å². The molecule has 5 heteroatoms. The fourth-order valence-electron chi connectivity index (χ4n) is 3.11. The molecule has 0 saturated carbocycles. The van der Waals surface area contributed by atoms with Gasteiger partial charge in [0, 0.05) is 30.7 Å². The minimum absolute atomic E-state index is 0.00949. The lowest BCUT2D eigenvalue weighted by molar-refractivity contribution is -0.126. The van der Waals surface area contributed by atoms with Gasteiger partial charge in [0.05, 0.1) is 5.69 Å². The SMILES string of the molecule is CCCC(=O)c1ccc2c(c1)N(CCCO)C(=O)C(c1ccccc1)O2. The normalized spacial score (nSPS) is 16.2. The van der Waals surface area contributed by atoms with E-state index in [9.17, 15) is 14.7 Å². The maximum atomic E-state index is 13.0. The molecule has 1 N–H and O–H groups in total. The Balaban J connectivity index is 1.99. The quantitative estimate of drug-likeness (QED) is 0.774. The van der Waals surface area contributed by atoms with Crippen molar-refractivity contribution in [3.8, 4) is 5.75 Å². The summed E-state index contributed by atoms with van der Waals surface area (Å²) in [7, 11) is 0. The second kappa shape index (κ2) is 8.15. The van der Waals surface area contributed by atoms with E-state index < -0.39 is 6.10 Å². The van der Waals surface area contributed by atoms with Gasteiger partial charge in [0.2, 0.25) is 6.10 Å². The summed E-state index contributed by atoms with van der Waals surface area (Å²) in [6.45, 7) is 2.33. The van der Waals surface area contributed by atoms with Crippen LogP contribution in [0.2, 0.25) is 0 Å². The minimum Gasteiger partial charge on any atom is -0.474 e. The highest BCUT2D eigenvalue weighted by atomic mass is 16.5. The minimum atomic E-state index is -0.723. The number of fused-ring (bicyclic) bond motifs is 1. The Hall–Kier alpha value is -2.66. The Morgan fingerprint density at radius 1 is 1.19 bits per heavy atom.